The molecule has 1 aromatic carbocycles. The summed E-state index contributed by atoms with van der Waals surface area (Å²) < 4.78 is 0. The summed E-state index contributed by atoms with van der Waals surface area (Å²) in [7, 11) is 0. The van der Waals surface area contributed by atoms with Crippen molar-refractivity contribution in [1.29, 1.82) is 0 Å². The lowest BCUT2D eigenvalue weighted by Gasteiger charge is -2.28. The number of benzene rings is 1. The summed E-state index contributed by atoms with van der Waals surface area (Å²) in [5.41, 5.74) is 7.31. The Kier molecular flexibility index (Phi) is 2.93. The van der Waals surface area contributed by atoms with Crippen LogP contribution in [0.4, 0.5) is 0 Å². The molecule has 0 heterocycles. The monoisotopic (exact) mass is 268 g/mol. The van der Waals surface area contributed by atoms with Crippen molar-refractivity contribution in [3.05, 3.63) is 44.5 Å². The predicted molar refractivity (Wildman–Crippen MR) is 79.6 cm³/mol. The number of hydrogen-bond donors (Lipinski definition) is 0. The van der Waals surface area contributed by atoms with Crippen molar-refractivity contribution in [2.75, 3.05) is 0 Å². The fraction of sp³-hybridized carbons (Fsp3) is 0.444. The van der Waals surface area contributed by atoms with Gasteiger partial charge in [-0.05, 0) is 75.6 Å². The molecule has 0 unspecified atom stereocenters. The first-order valence-corrected chi connectivity index (χ1v) is 7.37. The predicted octanol–water partition coefficient (Wildman–Crippen LogP) is 3.90. The Balaban J connectivity index is 2.40. The van der Waals surface area contributed by atoms with Gasteiger partial charge in [0.1, 0.15) is 0 Å². The van der Waals surface area contributed by atoms with Gasteiger partial charge in [-0.1, -0.05) is 0 Å². The second-order valence-corrected chi connectivity index (χ2v) is 6.07. The standard InChI is InChI=1S/C18H20O2/c1-9-10(2)18(20)16-12(4)14-8-6-5-7-13(14)11(3)15(16)17(9)19/h5-8H2,1-4H3. The lowest BCUT2D eigenvalue weighted by atomic mass is 9.74. The van der Waals surface area contributed by atoms with Gasteiger partial charge in [0.15, 0.2) is 11.6 Å². The molecule has 0 spiro atoms. The van der Waals surface area contributed by atoms with Crippen LogP contribution in [-0.4, -0.2) is 11.6 Å². The fourth-order valence-corrected chi connectivity index (χ4v) is 3.69. The van der Waals surface area contributed by atoms with Gasteiger partial charge in [-0.2, -0.15) is 0 Å². The summed E-state index contributed by atoms with van der Waals surface area (Å²) in [6.45, 7) is 7.57. The van der Waals surface area contributed by atoms with Crippen molar-refractivity contribution >= 4 is 11.6 Å². The zero-order chi connectivity index (χ0) is 14.6. The van der Waals surface area contributed by atoms with E-state index in [-0.39, 0.29) is 11.6 Å². The van der Waals surface area contributed by atoms with Crippen molar-refractivity contribution in [1.82, 2.24) is 0 Å². The minimum Gasteiger partial charge on any atom is -0.289 e. The highest BCUT2D eigenvalue weighted by molar-refractivity contribution is 6.27. The minimum atomic E-state index is 0.0473. The maximum Gasteiger partial charge on any atom is 0.190 e. The van der Waals surface area contributed by atoms with Crippen LogP contribution < -0.4 is 0 Å². The van der Waals surface area contributed by atoms with E-state index in [1.165, 1.54) is 24.0 Å². The molecule has 0 atom stereocenters. The summed E-state index contributed by atoms with van der Waals surface area (Å²) >= 11 is 0. The Labute approximate surface area is 119 Å². The molecule has 20 heavy (non-hydrogen) atoms. The Morgan fingerprint density at radius 1 is 0.650 bits per heavy atom. The lowest BCUT2D eigenvalue weighted by Crippen LogP contribution is -2.25. The van der Waals surface area contributed by atoms with Crippen molar-refractivity contribution in [3.63, 3.8) is 0 Å². The second kappa shape index (κ2) is 4.41. The molecule has 104 valence electrons. The third kappa shape index (κ3) is 1.57. The molecule has 0 bridgehead atoms. The van der Waals surface area contributed by atoms with Crippen LogP contribution in [0.15, 0.2) is 11.1 Å². The van der Waals surface area contributed by atoms with Crippen molar-refractivity contribution < 1.29 is 9.59 Å². The quantitative estimate of drug-likeness (QED) is 0.715. The number of allylic oxidation sites excluding steroid dienone is 2. The Morgan fingerprint density at radius 2 is 1.00 bits per heavy atom. The molecule has 2 aliphatic carbocycles. The van der Waals surface area contributed by atoms with E-state index >= 15 is 0 Å². The highest BCUT2D eigenvalue weighted by Crippen LogP contribution is 2.37. The van der Waals surface area contributed by atoms with E-state index in [4.69, 9.17) is 0 Å². The van der Waals surface area contributed by atoms with E-state index in [9.17, 15) is 9.59 Å². The smallest absolute Gasteiger partial charge is 0.190 e. The normalized spacial score (nSPS) is 18.2. The molecule has 0 amide bonds. The maximum atomic E-state index is 12.6. The van der Waals surface area contributed by atoms with Gasteiger partial charge in [0, 0.05) is 22.3 Å². The van der Waals surface area contributed by atoms with E-state index in [1.807, 2.05) is 13.8 Å². The van der Waals surface area contributed by atoms with Gasteiger partial charge in [-0.25, -0.2) is 0 Å². The third-order valence-electron chi connectivity index (χ3n) is 5.07. The fourth-order valence-electron chi connectivity index (χ4n) is 3.69. The zero-order valence-electron chi connectivity index (χ0n) is 12.6. The highest BCUT2D eigenvalue weighted by Gasteiger charge is 2.33. The van der Waals surface area contributed by atoms with Crippen molar-refractivity contribution in [3.8, 4) is 0 Å². The molecule has 1 aromatic rings. The van der Waals surface area contributed by atoms with Gasteiger partial charge in [0.25, 0.3) is 0 Å². The van der Waals surface area contributed by atoms with E-state index in [0.717, 1.165) is 24.0 Å². The van der Waals surface area contributed by atoms with Gasteiger partial charge in [0.05, 0.1) is 0 Å². The van der Waals surface area contributed by atoms with Gasteiger partial charge < -0.3 is 0 Å². The SMILES string of the molecule is CC1=C(C)C(=O)c2c(C)c3c(c(C)c2C1=O)CCCC3. The van der Waals surface area contributed by atoms with Crippen molar-refractivity contribution in [2.45, 2.75) is 53.4 Å². The first-order chi connectivity index (χ1) is 9.45. The summed E-state index contributed by atoms with van der Waals surface area (Å²) in [5.74, 6) is 0.0946. The molecule has 0 fully saturated rings. The largest absolute Gasteiger partial charge is 0.289 e. The van der Waals surface area contributed by atoms with Crippen LogP contribution in [-0.2, 0) is 12.8 Å². The summed E-state index contributed by atoms with van der Waals surface area (Å²) in [4.78, 5) is 25.2. The van der Waals surface area contributed by atoms with Crippen LogP contribution in [0.3, 0.4) is 0 Å². The van der Waals surface area contributed by atoms with E-state index < -0.39 is 0 Å². The average Bonchev–Trinajstić information content (AvgIpc) is 2.46. The summed E-state index contributed by atoms with van der Waals surface area (Å²) in [6, 6.07) is 0. The number of carbonyl (C=O) groups is 2. The molecule has 0 saturated heterocycles. The van der Waals surface area contributed by atoms with Crippen LogP contribution in [0.1, 0.15) is 69.7 Å². The first-order valence-electron chi connectivity index (χ1n) is 7.37. The van der Waals surface area contributed by atoms with Crippen LogP contribution >= 0.6 is 0 Å². The molecule has 0 radical (unpaired) electrons. The molecular formula is C18H20O2. The number of Topliss-reactive ketones (excluding diaryl/α,β-unsaturated/α-hetero) is 2. The number of fused-ring (bicyclic) bond motifs is 2. The molecule has 0 saturated carbocycles. The van der Waals surface area contributed by atoms with Crippen LogP contribution in [0, 0.1) is 13.8 Å². The molecule has 3 rings (SSSR count). The molecule has 2 heteroatoms. The molecular weight excluding hydrogens is 248 g/mol. The molecule has 0 aromatic heterocycles. The molecule has 2 aliphatic rings. The van der Waals surface area contributed by atoms with Gasteiger partial charge >= 0.3 is 0 Å². The Bertz CT molecular complexity index is 631. The average molecular weight is 268 g/mol. The third-order valence-corrected chi connectivity index (χ3v) is 5.07. The zero-order valence-corrected chi connectivity index (χ0v) is 12.6. The minimum absolute atomic E-state index is 0.0473. The molecule has 0 aliphatic heterocycles. The number of ketones is 2. The van der Waals surface area contributed by atoms with Gasteiger partial charge in [0.2, 0.25) is 0 Å². The topological polar surface area (TPSA) is 34.1 Å². The van der Waals surface area contributed by atoms with Crippen LogP contribution in [0.25, 0.3) is 0 Å². The summed E-state index contributed by atoms with van der Waals surface area (Å²) in [5, 5.41) is 0. The van der Waals surface area contributed by atoms with E-state index in [0.29, 0.717) is 22.3 Å². The first kappa shape index (κ1) is 13.3. The van der Waals surface area contributed by atoms with Gasteiger partial charge in [-0.3, -0.25) is 9.59 Å². The van der Waals surface area contributed by atoms with Crippen LogP contribution in [0.5, 0.6) is 0 Å². The maximum absolute atomic E-state index is 12.6. The Morgan fingerprint density at radius 3 is 1.35 bits per heavy atom. The van der Waals surface area contributed by atoms with Crippen molar-refractivity contribution in [2.24, 2.45) is 0 Å². The Hall–Kier alpha value is -1.70. The summed E-state index contributed by atoms with van der Waals surface area (Å²) in [6.07, 6.45) is 4.45. The van der Waals surface area contributed by atoms with Gasteiger partial charge in [-0.15, -0.1) is 0 Å². The number of carbonyl (C=O) groups excluding carboxylic acids is 2. The van der Waals surface area contributed by atoms with E-state index in [2.05, 4.69) is 0 Å². The highest BCUT2D eigenvalue weighted by atomic mass is 16.1. The molecule has 0 N–H and O–H groups in total. The molecule has 2 nitrogen and oxygen atoms in total. The number of rotatable bonds is 0. The second-order valence-electron chi connectivity index (χ2n) is 6.07. The number of hydrogen-bond acceptors (Lipinski definition) is 2. The van der Waals surface area contributed by atoms with Crippen LogP contribution in [0.2, 0.25) is 0 Å². The lowest BCUT2D eigenvalue weighted by molar-refractivity contribution is 0.0973. The van der Waals surface area contributed by atoms with E-state index in [1.54, 1.807) is 13.8 Å².